The normalized spacial score (nSPS) is 28.0. The minimum absolute atomic E-state index is 0.168. The van der Waals surface area contributed by atoms with Gasteiger partial charge in [0.1, 0.15) is 5.82 Å². The molecule has 2 atom stereocenters. The molecule has 0 bridgehead atoms. The standard InChI is InChI=1S/C14H20FNS/c1-14(2)8-4-7-12(13(14)16)17-11-6-3-5-10(15)9-11/h3,5-6,9,12-13H,4,7-8,16H2,1-2H3. The molecule has 1 aliphatic carbocycles. The molecule has 0 heterocycles. The first-order chi connectivity index (χ1) is 7.99. The summed E-state index contributed by atoms with van der Waals surface area (Å²) in [6.07, 6.45) is 3.54. The maximum atomic E-state index is 13.1. The molecule has 0 spiro atoms. The van der Waals surface area contributed by atoms with E-state index in [4.69, 9.17) is 5.73 Å². The van der Waals surface area contributed by atoms with Crippen molar-refractivity contribution in [2.45, 2.75) is 49.3 Å². The molecule has 17 heavy (non-hydrogen) atoms. The quantitative estimate of drug-likeness (QED) is 0.867. The summed E-state index contributed by atoms with van der Waals surface area (Å²) in [7, 11) is 0. The summed E-state index contributed by atoms with van der Waals surface area (Å²) in [6, 6.07) is 6.98. The number of thioether (sulfide) groups is 1. The number of rotatable bonds is 2. The van der Waals surface area contributed by atoms with Crippen LogP contribution in [0, 0.1) is 11.2 Å². The molecule has 3 heteroatoms. The van der Waals surface area contributed by atoms with Crippen LogP contribution in [0.1, 0.15) is 33.1 Å². The van der Waals surface area contributed by atoms with Crippen molar-refractivity contribution in [3.63, 3.8) is 0 Å². The van der Waals surface area contributed by atoms with Gasteiger partial charge in [0.25, 0.3) is 0 Å². The lowest BCUT2D eigenvalue weighted by molar-refractivity contribution is 0.208. The number of halogens is 1. The molecule has 1 aliphatic rings. The van der Waals surface area contributed by atoms with Crippen LogP contribution < -0.4 is 5.73 Å². The molecular weight excluding hydrogens is 233 g/mol. The summed E-state index contributed by atoms with van der Waals surface area (Å²) in [5.41, 5.74) is 6.53. The lowest BCUT2D eigenvalue weighted by Gasteiger charge is -2.41. The Morgan fingerprint density at radius 2 is 2.18 bits per heavy atom. The zero-order valence-corrected chi connectivity index (χ0v) is 11.3. The van der Waals surface area contributed by atoms with Gasteiger partial charge in [0, 0.05) is 16.2 Å². The Bertz CT molecular complexity index is 392. The molecule has 0 amide bonds. The average Bonchev–Trinajstić information content (AvgIpc) is 2.25. The van der Waals surface area contributed by atoms with Gasteiger partial charge in [-0.15, -0.1) is 11.8 Å². The molecule has 1 fully saturated rings. The van der Waals surface area contributed by atoms with Gasteiger partial charge in [-0.1, -0.05) is 26.3 Å². The Balaban J connectivity index is 2.08. The molecule has 1 nitrogen and oxygen atoms in total. The summed E-state index contributed by atoms with van der Waals surface area (Å²) in [5.74, 6) is -0.168. The molecule has 1 aromatic rings. The van der Waals surface area contributed by atoms with E-state index in [2.05, 4.69) is 13.8 Å². The van der Waals surface area contributed by atoms with Gasteiger partial charge in [-0.2, -0.15) is 0 Å². The fourth-order valence-corrected chi connectivity index (χ4v) is 3.94. The van der Waals surface area contributed by atoms with Gasteiger partial charge in [-0.05, 0) is 36.5 Å². The summed E-state index contributed by atoms with van der Waals surface area (Å²) in [4.78, 5) is 0.989. The summed E-state index contributed by atoms with van der Waals surface area (Å²) in [5, 5.41) is 0.403. The number of nitrogens with two attached hydrogens (primary N) is 1. The second-order valence-corrected chi connectivity index (χ2v) is 6.83. The van der Waals surface area contributed by atoms with Crippen LogP contribution in [0.4, 0.5) is 4.39 Å². The van der Waals surface area contributed by atoms with Gasteiger partial charge in [0.15, 0.2) is 0 Å². The third kappa shape index (κ3) is 3.02. The monoisotopic (exact) mass is 253 g/mol. The topological polar surface area (TPSA) is 26.0 Å². The third-order valence-electron chi connectivity index (χ3n) is 3.70. The second-order valence-electron chi connectivity index (χ2n) is 5.52. The Morgan fingerprint density at radius 1 is 1.41 bits per heavy atom. The van der Waals surface area contributed by atoms with E-state index in [0.717, 1.165) is 11.3 Å². The molecule has 0 aliphatic heterocycles. The molecule has 1 saturated carbocycles. The largest absolute Gasteiger partial charge is 0.326 e. The van der Waals surface area contributed by atoms with Crippen molar-refractivity contribution in [3.8, 4) is 0 Å². The fraction of sp³-hybridized carbons (Fsp3) is 0.571. The molecule has 2 rings (SSSR count). The number of hydrogen-bond donors (Lipinski definition) is 1. The average molecular weight is 253 g/mol. The third-order valence-corrected chi connectivity index (χ3v) is 5.05. The van der Waals surface area contributed by atoms with Crippen molar-refractivity contribution in [2.24, 2.45) is 11.1 Å². The van der Waals surface area contributed by atoms with Gasteiger partial charge in [0.2, 0.25) is 0 Å². The molecular formula is C14H20FNS. The van der Waals surface area contributed by atoms with E-state index in [9.17, 15) is 4.39 Å². The fourth-order valence-electron chi connectivity index (χ4n) is 2.46. The Labute approximate surface area is 107 Å². The maximum absolute atomic E-state index is 13.1. The Hall–Kier alpha value is -0.540. The van der Waals surface area contributed by atoms with Gasteiger partial charge < -0.3 is 5.73 Å². The van der Waals surface area contributed by atoms with E-state index in [1.54, 1.807) is 23.9 Å². The predicted molar refractivity (Wildman–Crippen MR) is 71.7 cm³/mol. The van der Waals surface area contributed by atoms with E-state index in [1.807, 2.05) is 6.07 Å². The summed E-state index contributed by atoms with van der Waals surface area (Å²) < 4.78 is 13.1. The van der Waals surface area contributed by atoms with E-state index in [-0.39, 0.29) is 17.3 Å². The maximum Gasteiger partial charge on any atom is 0.124 e. The van der Waals surface area contributed by atoms with Crippen molar-refractivity contribution in [2.75, 3.05) is 0 Å². The van der Waals surface area contributed by atoms with Crippen LogP contribution in [0.25, 0.3) is 0 Å². The van der Waals surface area contributed by atoms with Crippen LogP contribution >= 0.6 is 11.8 Å². The van der Waals surface area contributed by atoms with Crippen molar-refractivity contribution >= 4 is 11.8 Å². The zero-order chi connectivity index (χ0) is 12.5. The van der Waals surface area contributed by atoms with E-state index in [0.29, 0.717) is 5.25 Å². The highest BCUT2D eigenvalue weighted by Gasteiger charge is 2.36. The SMILES string of the molecule is CC1(C)CCCC(Sc2cccc(F)c2)C1N. The smallest absolute Gasteiger partial charge is 0.124 e. The van der Waals surface area contributed by atoms with Gasteiger partial charge >= 0.3 is 0 Å². The van der Waals surface area contributed by atoms with Crippen molar-refractivity contribution in [3.05, 3.63) is 30.1 Å². The summed E-state index contributed by atoms with van der Waals surface area (Å²) >= 11 is 1.72. The first-order valence-electron chi connectivity index (χ1n) is 6.17. The Morgan fingerprint density at radius 3 is 2.88 bits per heavy atom. The minimum Gasteiger partial charge on any atom is -0.326 e. The molecule has 2 unspecified atom stereocenters. The molecule has 0 aromatic heterocycles. The van der Waals surface area contributed by atoms with E-state index in [1.165, 1.54) is 18.9 Å². The van der Waals surface area contributed by atoms with Crippen molar-refractivity contribution in [1.82, 2.24) is 0 Å². The minimum atomic E-state index is -0.168. The molecule has 1 aromatic carbocycles. The van der Waals surface area contributed by atoms with Crippen LogP contribution in [0.3, 0.4) is 0 Å². The molecule has 0 saturated heterocycles. The lowest BCUT2D eigenvalue weighted by atomic mass is 9.73. The highest BCUT2D eigenvalue weighted by Crippen LogP contribution is 2.41. The predicted octanol–water partition coefficient (Wildman–Crippen LogP) is 3.82. The lowest BCUT2D eigenvalue weighted by Crippen LogP contribution is -2.48. The van der Waals surface area contributed by atoms with Gasteiger partial charge in [-0.3, -0.25) is 0 Å². The van der Waals surface area contributed by atoms with Crippen molar-refractivity contribution < 1.29 is 4.39 Å². The van der Waals surface area contributed by atoms with E-state index < -0.39 is 0 Å². The van der Waals surface area contributed by atoms with Crippen LogP contribution in [0.15, 0.2) is 29.2 Å². The van der Waals surface area contributed by atoms with Crippen LogP contribution in [0.5, 0.6) is 0 Å². The number of benzene rings is 1. The van der Waals surface area contributed by atoms with Gasteiger partial charge in [0.05, 0.1) is 0 Å². The van der Waals surface area contributed by atoms with Crippen molar-refractivity contribution in [1.29, 1.82) is 0 Å². The molecule has 0 radical (unpaired) electrons. The first kappa shape index (κ1) is 12.9. The molecule has 94 valence electrons. The highest BCUT2D eigenvalue weighted by atomic mass is 32.2. The number of hydrogen-bond acceptors (Lipinski definition) is 2. The van der Waals surface area contributed by atoms with Crippen LogP contribution in [0.2, 0.25) is 0 Å². The van der Waals surface area contributed by atoms with E-state index >= 15 is 0 Å². The highest BCUT2D eigenvalue weighted by molar-refractivity contribution is 8.00. The first-order valence-corrected chi connectivity index (χ1v) is 7.05. The van der Waals surface area contributed by atoms with Crippen LogP contribution in [-0.2, 0) is 0 Å². The zero-order valence-electron chi connectivity index (χ0n) is 10.4. The van der Waals surface area contributed by atoms with Crippen LogP contribution in [-0.4, -0.2) is 11.3 Å². The molecule has 2 N–H and O–H groups in total. The second kappa shape index (κ2) is 4.99. The van der Waals surface area contributed by atoms with Gasteiger partial charge in [-0.25, -0.2) is 4.39 Å². The Kier molecular flexibility index (Phi) is 3.79. The summed E-state index contributed by atoms with van der Waals surface area (Å²) in [6.45, 7) is 4.46.